The first-order chi connectivity index (χ1) is 15.1. The summed E-state index contributed by atoms with van der Waals surface area (Å²) in [6, 6.07) is 15.1. The summed E-state index contributed by atoms with van der Waals surface area (Å²) in [6.45, 7) is 6.60. The van der Waals surface area contributed by atoms with Crippen molar-refractivity contribution in [3.8, 4) is 0 Å². The topological polar surface area (TPSA) is 95.6 Å². The number of benzene rings is 2. The van der Waals surface area contributed by atoms with Gasteiger partial charge in [-0.15, -0.1) is 0 Å². The molecule has 7 nitrogen and oxygen atoms in total. The quantitative estimate of drug-likeness (QED) is 0.665. The van der Waals surface area contributed by atoms with Crippen LogP contribution in [0.5, 0.6) is 0 Å². The van der Waals surface area contributed by atoms with Gasteiger partial charge in [0.2, 0.25) is 21.8 Å². The molecular weight excluding hydrogens is 426 g/mol. The summed E-state index contributed by atoms with van der Waals surface area (Å²) >= 11 is 0. The van der Waals surface area contributed by atoms with Gasteiger partial charge in [0.05, 0.1) is 17.4 Å². The maximum atomic E-state index is 13.0. The summed E-state index contributed by atoms with van der Waals surface area (Å²) in [6.07, 6.45) is 1.09. The van der Waals surface area contributed by atoms with Gasteiger partial charge < -0.3 is 10.6 Å². The van der Waals surface area contributed by atoms with Crippen LogP contribution in [0.2, 0.25) is 0 Å². The van der Waals surface area contributed by atoms with Gasteiger partial charge in [-0.3, -0.25) is 9.59 Å². The fraction of sp³-hybridized carbons (Fsp3) is 0.417. The van der Waals surface area contributed by atoms with Crippen molar-refractivity contribution >= 4 is 27.5 Å². The fourth-order valence-electron chi connectivity index (χ4n) is 4.24. The van der Waals surface area contributed by atoms with Gasteiger partial charge in [-0.1, -0.05) is 44.2 Å². The van der Waals surface area contributed by atoms with Crippen molar-refractivity contribution in [2.75, 3.05) is 18.4 Å². The van der Waals surface area contributed by atoms with Crippen LogP contribution in [-0.2, 0) is 19.6 Å². The molecular formula is C24H31N3O4S. The van der Waals surface area contributed by atoms with E-state index in [2.05, 4.69) is 24.5 Å². The highest BCUT2D eigenvalue weighted by Gasteiger charge is 2.31. The fourth-order valence-corrected chi connectivity index (χ4v) is 5.92. The van der Waals surface area contributed by atoms with E-state index in [-0.39, 0.29) is 23.1 Å². The van der Waals surface area contributed by atoms with E-state index in [0.717, 1.165) is 12.0 Å². The number of carbonyl (C=O) groups is 2. The first kappa shape index (κ1) is 23.9. The molecule has 1 aliphatic rings. The molecule has 0 aromatic heterocycles. The number of nitrogens with one attached hydrogen (secondary N) is 2. The molecule has 32 heavy (non-hydrogen) atoms. The molecule has 3 atom stereocenters. The van der Waals surface area contributed by atoms with Crippen molar-refractivity contribution in [2.24, 2.45) is 11.8 Å². The standard InChI is InChI=1S/C24H31N3O4S/c1-17-13-18(2)16-27(15-17)32(30,31)22-11-9-21(10-12-22)26-24(29)14-23(25-19(3)28)20-7-5-4-6-8-20/h4-12,17-18,23H,13-16H2,1-3H3,(H,25,28)(H,26,29)/t17-,18-,23-/m1/s1. The van der Waals surface area contributed by atoms with Gasteiger partial charge in [0.15, 0.2) is 0 Å². The highest BCUT2D eigenvalue weighted by molar-refractivity contribution is 7.89. The molecule has 0 aliphatic carbocycles. The zero-order chi connectivity index (χ0) is 23.3. The summed E-state index contributed by atoms with van der Waals surface area (Å²) in [4.78, 5) is 24.4. The molecule has 1 heterocycles. The van der Waals surface area contributed by atoms with E-state index in [9.17, 15) is 18.0 Å². The maximum absolute atomic E-state index is 13.0. The first-order valence-corrected chi connectivity index (χ1v) is 12.3. The van der Waals surface area contributed by atoms with Crippen molar-refractivity contribution in [3.05, 3.63) is 60.2 Å². The molecule has 0 unspecified atom stereocenters. The Bertz CT molecular complexity index is 1030. The molecule has 1 fully saturated rings. The lowest BCUT2D eigenvalue weighted by Gasteiger charge is -2.34. The molecule has 0 bridgehead atoms. The van der Waals surface area contributed by atoms with E-state index in [1.54, 1.807) is 16.4 Å². The predicted octanol–water partition coefficient (Wildman–Crippen LogP) is 3.56. The predicted molar refractivity (Wildman–Crippen MR) is 124 cm³/mol. The Labute approximate surface area is 190 Å². The van der Waals surface area contributed by atoms with Crippen molar-refractivity contribution < 1.29 is 18.0 Å². The van der Waals surface area contributed by atoms with Crippen LogP contribution in [0.1, 0.15) is 45.2 Å². The Hall–Kier alpha value is -2.71. The minimum Gasteiger partial charge on any atom is -0.349 e. The lowest BCUT2D eigenvalue weighted by molar-refractivity contribution is -0.120. The van der Waals surface area contributed by atoms with Gasteiger partial charge in [0.25, 0.3) is 0 Å². The van der Waals surface area contributed by atoms with Crippen LogP contribution in [0.15, 0.2) is 59.5 Å². The second-order valence-corrected chi connectivity index (χ2v) is 10.6. The second kappa shape index (κ2) is 10.3. The monoisotopic (exact) mass is 457 g/mol. The Morgan fingerprint density at radius 3 is 2.16 bits per heavy atom. The first-order valence-electron chi connectivity index (χ1n) is 10.9. The average molecular weight is 458 g/mol. The molecule has 0 saturated carbocycles. The van der Waals surface area contributed by atoms with E-state index >= 15 is 0 Å². The lowest BCUT2D eigenvalue weighted by Crippen LogP contribution is -2.42. The van der Waals surface area contributed by atoms with Crippen molar-refractivity contribution in [3.63, 3.8) is 0 Å². The highest BCUT2D eigenvalue weighted by atomic mass is 32.2. The largest absolute Gasteiger partial charge is 0.349 e. The number of anilines is 1. The van der Waals surface area contributed by atoms with Crippen molar-refractivity contribution in [2.45, 2.75) is 44.6 Å². The van der Waals surface area contributed by atoms with E-state index in [1.165, 1.54) is 19.1 Å². The molecule has 1 saturated heterocycles. The van der Waals surface area contributed by atoms with Crippen LogP contribution >= 0.6 is 0 Å². The number of amides is 2. The molecule has 2 aromatic rings. The number of nitrogens with zero attached hydrogens (tertiary/aromatic N) is 1. The van der Waals surface area contributed by atoms with Crippen LogP contribution in [0.3, 0.4) is 0 Å². The van der Waals surface area contributed by atoms with E-state index < -0.39 is 16.1 Å². The van der Waals surface area contributed by atoms with E-state index in [0.29, 0.717) is 30.6 Å². The summed E-state index contributed by atoms with van der Waals surface area (Å²) in [5.74, 6) is 0.158. The molecule has 2 N–H and O–H groups in total. The summed E-state index contributed by atoms with van der Waals surface area (Å²) in [7, 11) is -3.57. The summed E-state index contributed by atoms with van der Waals surface area (Å²) < 4.78 is 27.6. The molecule has 8 heteroatoms. The zero-order valence-corrected chi connectivity index (χ0v) is 19.6. The smallest absolute Gasteiger partial charge is 0.243 e. The normalized spacial score (nSPS) is 20.3. The molecule has 1 aliphatic heterocycles. The number of carbonyl (C=O) groups excluding carboxylic acids is 2. The van der Waals surface area contributed by atoms with Gasteiger partial charge in [-0.25, -0.2) is 8.42 Å². The summed E-state index contributed by atoms with van der Waals surface area (Å²) in [5, 5.41) is 5.59. The second-order valence-electron chi connectivity index (χ2n) is 8.71. The molecule has 3 rings (SSSR count). The van der Waals surface area contributed by atoms with Crippen molar-refractivity contribution in [1.82, 2.24) is 9.62 Å². The Morgan fingerprint density at radius 1 is 1.00 bits per heavy atom. The number of piperidine rings is 1. The SMILES string of the molecule is CC(=O)N[C@H](CC(=O)Nc1ccc(S(=O)(=O)N2C[C@H](C)C[C@@H](C)C2)cc1)c1ccccc1. The molecule has 172 valence electrons. The highest BCUT2D eigenvalue weighted by Crippen LogP contribution is 2.27. The Kier molecular flexibility index (Phi) is 7.69. The van der Waals surface area contributed by atoms with Gasteiger partial charge in [-0.2, -0.15) is 4.31 Å². The molecule has 0 spiro atoms. The van der Waals surface area contributed by atoms with Gasteiger partial charge in [0, 0.05) is 25.7 Å². The minimum absolute atomic E-state index is 0.0627. The third-order valence-electron chi connectivity index (χ3n) is 5.58. The third-order valence-corrected chi connectivity index (χ3v) is 7.43. The van der Waals surface area contributed by atoms with Crippen LogP contribution in [0.4, 0.5) is 5.69 Å². The van der Waals surface area contributed by atoms with E-state index in [4.69, 9.17) is 0 Å². The van der Waals surface area contributed by atoms with Gasteiger partial charge in [-0.05, 0) is 48.1 Å². The summed E-state index contributed by atoms with van der Waals surface area (Å²) in [5.41, 5.74) is 1.34. The van der Waals surface area contributed by atoms with Crippen LogP contribution in [0.25, 0.3) is 0 Å². The minimum atomic E-state index is -3.57. The zero-order valence-electron chi connectivity index (χ0n) is 18.7. The van der Waals surface area contributed by atoms with Crippen LogP contribution in [0, 0.1) is 11.8 Å². The maximum Gasteiger partial charge on any atom is 0.243 e. The lowest BCUT2D eigenvalue weighted by atomic mass is 9.94. The number of rotatable bonds is 7. The van der Waals surface area contributed by atoms with Crippen molar-refractivity contribution in [1.29, 1.82) is 0 Å². The van der Waals surface area contributed by atoms with E-state index in [1.807, 2.05) is 30.3 Å². The Morgan fingerprint density at radius 2 is 1.59 bits per heavy atom. The molecule has 2 amide bonds. The number of sulfonamides is 1. The average Bonchev–Trinajstić information content (AvgIpc) is 2.73. The van der Waals surface area contributed by atoms with Crippen LogP contribution < -0.4 is 10.6 Å². The van der Waals surface area contributed by atoms with Gasteiger partial charge in [0.1, 0.15) is 0 Å². The number of hydrogen-bond donors (Lipinski definition) is 2. The third kappa shape index (κ3) is 6.17. The van der Waals surface area contributed by atoms with Gasteiger partial charge >= 0.3 is 0 Å². The van der Waals surface area contributed by atoms with Crippen LogP contribution in [-0.4, -0.2) is 37.6 Å². The Balaban J connectivity index is 1.67. The molecule has 2 aromatic carbocycles. The number of hydrogen-bond acceptors (Lipinski definition) is 4. The molecule has 0 radical (unpaired) electrons.